The van der Waals surface area contributed by atoms with Gasteiger partial charge < -0.3 is 10.0 Å². The monoisotopic (exact) mass is 259 g/mol. The summed E-state index contributed by atoms with van der Waals surface area (Å²) in [6.07, 6.45) is 2.91. The minimum atomic E-state index is -0.348. The van der Waals surface area contributed by atoms with Crippen LogP contribution in [0.2, 0.25) is 0 Å². The van der Waals surface area contributed by atoms with Crippen LogP contribution in [0.25, 0.3) is 6.08 Å². The summed E-state index contributed by atoms with van der Waals surface area (Å²) in [7, 11) is 1.91. The summed E-state index contributed by atoms with van der Waals surface area (Å²) >= 11 is 0. The predicted octanol–water partition coefficient (Wildman–Crippen LogP) is 1.84. The van der Waals surface area contributed by atoms with Crippen molar-refractivity contribution >= 4 is 18.1 Å². The van der Waals surface area contributed by atoms with Crippen LogP contribution in [0.3, 0.4) is 0 Å². The van der Waals surface area contributed by atoms with Crippen molar-refractivity contribution in [3.63, 3.8) is 0 Å². The molecule has 4 nitrogen and oxygen atoms in total. The van der Waals surface area contributed by atoms with Crippen molar-refractivity contribution in [2.45, 2.75) is 19.4 Å². The van der Waals surface area contributed by atoms with Gasteiger partial charge in [-0.05, 0) is 37.1 Å². The van der Waals surface area contributed by atoms with E-state index in [1.165, 1.54) is 0 Å². The topological polar surface area (TPSA) is 57.6 Å². The summed E-state index contributed by atoms with van der Waals surface area (Å²) in [5, 5.41) is 9.44. The number of phenols is 1. The number of hydrogen-bond donors (Lipinski definition) is 1. The Bertz CT molecular complexity index is 536. The summed E-state index contributed by atoms with van der Waals surface area (Å²) in [5.74, 6) is -0.409. The van der Waals surface area contributed by atoms with Gasteiger partial charge in [0.1, 0.15) is 5.75 Å². The Hall–Kier alpha value is -2.10. The summed E-state index contributed by atoms with van der Waals surface area (Å²) in [4.78, 5) is 24.2. The van der Waals surface area contributed by atoms with E-state index in [2.05, 4.69) is 0 Å². The fraction of sp³-hybridized carbons (Fsp3) is 0.333. The SMILES string of the molecule is CC1C(C(=O)C=O)CC(=Cc2cccc(O)c2)N1C. The van der Waals surface area contributed by atoms with Gasteiger partial charge in [0, 0.05) is 18.8 Å². The quantitative estimate of drug-likeness (QED) is 0.664. The molecule has 2 atom stereocenters. The zero-order valence-corrected chi connectivity index (χ0v) is 11.0. The van der Waals surface area contributed by atoms with Gasteiger partial charge in [0.05, 0.1) is 5.92 Å². The molecule has 1 aromatic carbocycles. The molecule has 0 bridgehead atoms. The predicted molar refractivity (Wildman–Crippen MR) is 72.5 cm³/mol. The molecule has 1 N–H and O–H groups in total. The third kappa shape index (κ3) is 2.67. The number of carbonyl (C=O) groups excluding carboxylic acids is 2. The van der Waals surface area contributed by atoms with Gasteiger partial charge in [0.15, 0.2) is 6.29 Å². The van der Waals surface area contributed by atoms with Crippen molar-refractivity contribution in [3.05, 3.63) is 35.5 Å². The van der Waals surface area contributed by atoms with Gasteiger partial charge >= 0.3 is 0 Å². The Morgan fingerprint density at radius 2 is 2.21 bits per heavy atom. The van der Waals surface area contributed by atoms with E-state index in [-0.39, 0.29) is 23.5 Å². The molecule has 1 heterocycles. The number of nitrogens with zero attached hydrogens (tertiary/aromatic N) is 1. The Labute approximate surface area is 112 Å². The number of aromatic hydroxyl groups is 1. The number of hydrogen-bond acceptors (Lipinski definition) is 4. The number of aldehydes is 1. The highest BCUT2D eigenvalue weighted by atomic mass is 16.3. The molecule has 1 aromatic rings. The molecule has 1 aliphatic heterocycles. The second kappa shape index (κ2) is 5.26. The maximum Gasteiger partial charge on any atom is 0.200 e. The van der Waals surface area contributed by atoms with Gasteiger partial charge in [-0.25, -0.2) is 0 Å². The summed E-state index contributed by atoms with van der Waals surface area (Å²) in [6, 6.07) is 6.96. The first-order chi connectivity index (χ1) is 9.02. The molecule has 2 rings (SSSR count). The van der Waals surface area contributed by atoms with Crippen LogP contribution in [-0.2, 0) is 9.59 Å². The Morgan fingerprint density at radius 1 is 1.47 bits per heavy atom. The Kier molecular flexibility index (Phi) is 3.69. The van der Waals surface area contributed by atoms with Gasteiger partial charge in [-0.3, -0.25) is 9.59 Å². The normalized spacial score (nSPS) is 24.7. The minimum Gasteiger partial charge on any atom is -0.508 e. The average molecular weight is 259 g/mol. The molecule has 0 aromatic heterocycles. The maximum absolute atomic E-state index is 11.6. The van der Waals surface area contributed by atoms with Crippen molar-refractivity contribution in [2.24, 2.45) is 5.92 Å². The van der Waals surface area contributed by atoms with Gasteiger partial charge in [-0.1, -0.05) is 12.1 Å². The second-order valence-electron chi connectivity index (χ2n) is 4.91. The van der Waals surface area contributed by atoms with Crippen LogP contribution in [0.4, 0.5) is 0 Å². The van der Waals surface area contributed by atoms with E-state index in [9.17, 15) is 14.7 Å². The Balaban J connectivity index is 2.26. The Morgan fingerprint density at radius 3 is 2.84 bits per heavy atom. The summed E-state index contributed by atoms with van der Waals surface area (Å²) in [5.41, 5.74) is 1.88. The molecule has 1 aliphatic rings. The molecule has 100 valence electrons. The first-order valence-corrected chi connectivity index (χ1v) is 6.24. The molecule has 2 unspecified atom stereocenters. The van der Waals surface area contributed by atoms with E-state index in [0.29, 0.717) is 12.7 Å². The standard InChI is InChI=1S/C15H17NO3/c1-10-14(15(19)9-17)8-12(16(10)2)6-11-4-3-5-13(18)7-11/h3-7,9-10,14,18H,8H2,1-2H3. The smallest absolute Gasteiger partial charge is 0.200 e. The molecular weight excluding hydrogens is 242 g/mol. The summed E-state index contributed by atoms with van der Waals surface area (Å²) < 4.78 is 0. The van der Waals surface area contributed by atoms with Crippen LogP contribution in [0.15, 0.2) is 30.0 Å². The highest BCUT2D eigenvalue weighted by Gasteiger charge is 2.35. The lowest BCUT2D eigenvalue weighted by Gasteiger charge is -2.21. The third-order valence-corrected chi connectivity index (χ3v) is 3.76. The molecule has 0 aliphatic carbocycles. The molecule has 0 radical (unpaired) electrons. The van der Waals surface area contributed by atoms with Crippen molar-refractivity contribution in [3.8, 4) is 5.75 Å². The van der Waals surface area contributed by atoms with E-state index in [0.717, 1.165) is 11.3 Å². The number of rotatable bonds is 3. The number of likely N-dealkylation sites (tertiary alicyclic amines) is 1. The van der Waals surface area contributed by atoms with Crippen LogP contribution in [-0.4, -0.2) is 35.2 Å². The number of allylic oxidation sites excluding steroid dienone is 1. The second-order valence-corrected chi connectivity index (χ2v) is 4.91. The molecule has 1 saturated heterocycles. The van der Waals surface area contributed by atoms with Crippen molar-refractivity contribution in [1.82, 2.24) is 4.90 Å². The van der Waals surface area contributed by atoms with Crippen LogP contribution >= 0.6 is 0 Å². The van der Waals surface area contributed by atoms with Gasteiger partial charge in [0.2, 0.25) is 5.78 Å². The van der Waals surface area contributed by atoms with Crippen molar-refractivity contribution < 1.29 is 14.7 Å². The van der Waals surface area contributed by atoms with E-state index in [4.69, 9.17) is 0 Å². The van der Waals surface area contributed by atoms with Crippen molar-refractivity contribution in [2.75, 3.05) is 7.05 Å². The van der Waals surface area contributed by atoms with Gasteiger partial charge in [0.25, 0.3) is 0 Å². The highest BCUT2D eigenvalue weighted by molar-refractivity contribution is 6.26. The number of ketones is 1. The van der Waals surface area contributed by atoms with Gasteiger partial charge in [-0.2, -0.15) is 0 Å². The van der Waals surface area contributed by atoms with Crippen LogP contribution < -0.4 is 0 Å². The number of benzene rings is 1. The van der Waals surface area contributed by atoms with Crippen molar-refractivity contribution in [1.29, 1.82) is 0 Å². The lowest BCUT2D eigenvalue weighted by atomic mass is 9.96. The number of phenolic OH excluding ortho intramolecular Hbond substituents is 1. The zero-order valence-electron chi connectivity index (χ0n) is 11.0. The highest BCUT2D eigenvalue weighted by Crippen LogP contribution is 2.33. The molecule has 0 amide bonds. The average Bonchev–Trinajstić information content (AvgIpc) is 2.66. The molecule has 1 fully saturated rings. The first kappa shape index (κ1) is 13.3. The fourth-order valence-electron chi connectivity index (χ4n) is 2.46. The molecule has 0 spiro atoms. The maximum atomic E-state index is 11.6. The lowest BCUT2D eigenvalue weighted by Crippen LogP contribution is -2.30. The largest absolute Gasteiger partial charge is 0.508 e. The fourth-order valence-corrected chi connectivity index (χ4v) is 2.46. The zero-order chi connectivity index (χ0) is 14.0. The number of carbonyl (C=O) groups is 2. The van der Waals surface area contributed by atoms with Gasteiger partial charge in [-0.15, -0.1) is 0 Å². The van der Waals surface area contributed by atoms with Crippen LogP contribution in [0.5, 0.6) is 5.75 Å². The minimum absolute atomic E-state index is 0.0151. The van der Waals surface area contributed by atoms with E-state index >= 15 is 0 Å². The molecule has 4 heteroatoms. The molecule has 19 heavy (non-hydrogen) atoms. The summed E-state index contributed by atoms with van der Waals surface area (Å²) in [6.45, 7) is 1.94. The molecule has 0 saturated carbocycles. The molecular formula is C15H17NO3. The van der Waals surface area contributed by atoms with E-state index in [1.807, 2.05) is 31.0 Å². The van der Waals surface area contributed by atoms with Crippen LogP contribution in [0.1, 0.15) is 18.9 Å². The van der Waals surface area contributed by atoms with E-state index in [1.54, 1.807) is 18.2 Å². The van der Waals surface area contributed by atoms with Crippen LogP contribution in [0, 0.1) is 5.92 Å². The number of Topliss-reactive ketones (excluding diaryl/α,β-unsaturated/α-hetero) is 1. The first-order valence-electron chi connectivity index (χ1n) is 6.24. The van der Waals surface area contributed by atoms with E-state index < -0.39 is 0 Å². The lowest BCUT2D eigenvalue weighted by molar-refractivity contribution is -0.132. The third-order valence-electron chi connectivity index (χ3n) is 3.76.